The lowest BCUT2D eigenvalue weighted by molar-refractivity contribution is -0.143. The summed E-state index contributed by atoms with van der Waals surface area (Å²) < 4.78 is 4.86. The Balaban J connectivity index is 2.66. The summed E-state index contributed by atoms with van der Waals surface area (Å²) in [6, 6.07) is 0. The molecule has 1 rings (SSSR count). The molecule has 0 amide bonds. The van der Waals surface area contributed by atoms with Crippen LogP contribution in [0.15, 0.2) is 0 Å². The number of rotatable bonds is 6. The van der Waals surface area contributed by atoms with E-state index in [-0.39, 0.29) is 11.5 Å². The highest BCUT2D eigenvalue weighted by Crippen LogP contribution is 2.44. The predicted octanol–water partition coefficient (Wildman–Crippen LogP) is 3.52. The third-order valence-corrected chi connectivity index (χ3v) is 5.22. The molecule has 0 radical (unpaired) electrons. The molecule has 1 aliphatic carbocycles. The summed E-state index contributed by atoms with van der Waals surface area (Å²) in [7, 11) is 1.48. The molecule has 0 aliphatic heterocycles. The number of methoxy groups -OCH3 is 1. The number of carbonyl (C=O) groups is 1. The van der Waals surface area contributed by atoms with Crippen LogP contribution in [-0.2, 0) is 9.53 Å². The summed E-state index contributed by atoms with van der Waals surface area (Å²) in [6.07, 6.45) is 6.34. The molecule has 1 fully saturated rings. The first-order chi connectivity index (χ1) is 8.89. The minimum Gasteiger partial charge on any atom is -0.469 e. The van der Waals surface area contributed by atoms with Crippen molar-refractivity contribution in [2.45, 2.75) is 71.8 Å². The van der Waals surface area contributed by atoms with Crippen LogP contribution in [0.5, 0.6) is 0 Å². The molecule has 0 atom stereocenters. The molecule has 1 aliphatic rings. The third kappa shape index (κ3) is 4.20. The second-order valence-corrected chi connectivity index (χ2v) is 6.68. The number of nitrogens with one attached hydrogen (secondary N) is 1. The minimum atomic E-state index is -0.0887. The zero-order chi connectivity index (χ0) is 14.5. The molecule has 1 saturated carbocycles. The van der Waals surface area contributed by atoms with Crippen LogP contribution in [0.4, 0.5) is 0 Å². The zero-order valence-electron chi connectivity index (χ0n) is 13.3. The fourth-order valence-electron chi connectivity index (χ4n) is 3.38. The van der Waals surface area contributed by atoms with Crippen LogP contribution in [0.3, 0.4) is 0 Å². The van der Waals surface area contributed by atoms with Crippen molar-refractivity contribution in [3.8, 4) is 0 Å². The van der Waals surface area contributed by atoms with Crippen LogP contribution >= 0.6 is 0 Å². The zero-order valence-corrected chi connectivity index (χ0v) is 13.3. The van der Waals surface area contributed by atoms with Crippen LogP contribution in [0.2, 0.25) is 0 Å². The van der Waals surface area contributed by atoms with Gasteiger partial charge in [0.25, 0.3) is 0 Å². The Kier molecular flexibility index (Phi) is 5.84. The maximum absolute atomic E-state index is 11.6. The summed E-state index contributed by atoms with van der Waals surface area (Å²) in [5, 5.41) is 3.55. The van der Waals surface area contributed by atoms with Crippen molar-refractivity contribution < 1.29 is 9.53 Å². The van der Waals surface area contributed by atoms with Crippen molar-refractivity contribution in [3.63, 3.8) is 0 Å². The fraction of sp³-hybridized carbons (Fsp3) is 0.938. The van der Waals surface area contributed by atoms with Crippen LogP contribution in [0, 0.1) is 11.3 Å². The van der Waals surface area contributed by atoms with Gasteiger partial charge in [0.05, 0.1) is 13.5 Å². The minimum absolute atomic E-state index is 0.0256. The van der Waals surface area contributed by atoms with Gasteiger partial charge in [0.1, 0.15) is 0 Å². The van der Waals surface area contributed by atoms with Gasteiger partial charge in [-0.15, -0.1) is 0 Å². The molecule has 0 saturated heterocycles. The SMILES string of the molecule is CCNC1(CC(=O)OC)CCC(C(C)(C)CC)CC1. The van der Waals surface area contributed by atoms with Gasteiger partial charge in [-0.1, -0.05) is 34.1 Å². The first kappa shape index (κ1) is 16.5. The van der Waals surface area contributed by atoms with Crippen molar-refractivity contribution in [2.24, 2.45) is 11.3 Å². The van der Waals surface area contributed by atoms with E-state index < -0.39 is 0 Å². The molecule has 19 heavy (non-hydrogen) atoms. The average molecular weight is 269 g/mol. The van der Waals surface area contributed by atoms with E-state index in [1.807, 2.05) is 0 Å². The maximum atomic E-state index is 11.6. The van der Waals surface area contributed by atoms with E-state index in [0.29, 0.717) is 11.8 Å². The Bertz CT molecular complexity index is 291. The summed E-state index contributed by atoms with van der Waals surface area (Å²) in [5.74, 6) is 0.691. The molecule has 1 N–H and O–H groups in total. The summed E-state index contributed by atoms with van der Waals surface area (Å²) in [6.45, 7) is 10.1. The Morgan fingerprint density at radius 1 is 1.32 bits per heavy atom. The Hall–Kier alpha value is -0.570. The number of ether oxygens (including phenoxy) is 1. The van der Waals surface area contributed by atoms with Gasteiger partial charge in [-0.3, -0.25) is 4.79 Å². The van der Waals surface area contributed by atoms with Crippen molar-refractivity contribution in [3.05, 3.63) is 0 Å². The average Bonchev–Trinajstić information content (AvgIpc) is 2.39. The Labute approximate surface area is 118 Å². The molecule has 0 bridgehead atoms. The first-order valence-electron chi connectivity index (χ1n) is 7.71. The Morgan fingerprint density at radius 3 is 2.32 bits per heavy atom. The van der Waals surface area contributed by atoms with E-state index in [9.17, 15) is 4.79 Å². The van der Waals surface area contributed by atoms with Gasteiger partial charge >= 0.3 is 5.97 Å². The second-order valence-electron chi connectivity index (χ2n) is 6.68. The molecular weight excluding hydrogens is 238 g/mol. The molecule has 0 aromatic carbocycles. The summed E-state index contributed by atoms with van der Waals surface area (Å²) in [4.78, 5) is 11.6. The lowest BCUT2D eigenvalue weighted by Gasteiger charge is -2.45. The van der Waals surface area contributed by atoms with E-state index in [4.69, 9.17) is 4.74 Å². The lowest BCUT2D eigenvalue weighted by atomic mass is 9.65. The highest BCUT2D eigenvalue weighted by molar-refractivity contribution is 5.70. The Morgan fingerprint density at radius 2 is 1.89 bits per heavy atom. The van der Waals surface area contributed by atoms with Crippen molar-refractivity contribution >= 4 is 5.97 Å². The molecule has 0 spiro atoms. The number of carbonyl (C=O) groups excluding carboxylic acids is 1. The van der Waals surface area contributed by atoms with E-state index in [1.54, 1.807) is 0 Å². The molecule has 0 heterocycles. The summed E-state index contributed by atoms with van der Waals surface area (Å²) >= 11 is 0. The van der Waals surface area contributed by atoms with Gasteiger partial charge in [0.2, 0.25) is 0 Å². The van der Waals surface area contributed by atoms with Crippen molar-refractivity contribution in [1.82, 2.24) is 5.32 Å². The maximum Gasteiger partial charge on any atom is 0.307 e. The predicted molar refractivity (Wildman–Crippen MR) is 79.1 cm³/mol. The van der Waals surface area contributed by atoms with Gasteiger partial charge < -0.3 is 10.1 Å². The number of hydrogen-bond acceptors (Lipinski definition) is 3. The highest BCUT2D eigenvalue weighted by Gasteiger charge is 2.40. The van der Waals surface area contributed by atoms with Crippen LogP contribution in [-0.4, -0.2) is 25.2 Å². The van der Waals surface area contributed by atoms with E-state index in [1.165, 1.54) is 26.4 Å². The van der Waals surface area contributed by atoms with Gasteiger partial charge in [-0.25, -0.2) is 0 Å². The van der Waals surface area contributed by atoms with Gasteiger partial charge in [-0.05, 0) is 43.6 Å². The monoisotopic (exact) mass is 269 g/mol. The standard InChI is InChI=1S/C16H31NO2/c1-6-15(3,4)13-8-10-16(11-9-13,17-7-2)12-14(18)19-5/h13,17H,6-12H2,1-5H3. The normalized spacial score (nSPS) is 28.2. The van der Waals surface area contributed by atoms with Crippen molar-refractivity contribution in [2.75, 3.05) is 13.7 Å². The molecule has 0 aromatic heterocycles. The largest absolute Gasteiger partial charge is 0.469 e. The topological polar surface area (TPSA) is 38.3 Å². The first-order valence-corrected chi connectivity index (χ1v) is 7.71. The molecule has 112 valence electrons. The molecule has 3 nitrogen and oxygen atoms in total. The fourth-order valence-corrected chi connectivity index (χ4v) is 3.38. The third-order valence-electron chi connectivity index (χ3n) is 5.22. The second kappa shape index (κ2) is 6.74. The number of esters is 1. The van der Waals surface area contributed by atoms with Crippen LogP contribution in [0.1, 0.15) is 66.2 Å². The molecular formula is C16H31NO2. The lowest BCUT2D eigenvalue weighted by Crippen LogP contribution is -2.50. The highest BCUT2D eigenvalue weighted by atomic mass is 16.5. The molecule has 3 heteroatoms. The van der Waals surface area contributed by atoms with E-state index >= 15 is 0 Å². The number of hydrogen-bond donors (Lipinski definition) is 1. The smallest absolute Gasteiger partial charge is 0.307 e. The summed E-state index contributed by atoms with van der Waals surface area (Å²) in [5.41, 5.74) is 0.395. The van der Waals surface area contributed by atoms with Gasteiger partial charge in [0, 0.05) is 5.54 Å². The van der Waals surface area contributed by atoms with Crippen molar-refractivity contribution in [1.29, 1.82) is 0 Å². The molecule has 0 unspecified atom stereocenters. The van der Waals surface area contributed by atoms with Crippen LogP contribution in [0.25, 0.3) is 0 Å². The quantitative estimate of drug-likeness (QED) is 0.750. The van der Waals surface area contributed by atoms with Crippen LogP contribution < -0.4 is 5.32 Å². The molecule has 0 aromatic rings. The van der Waals surface area contributed by atoms with E-state index in [2.05, 4.69) is 33.0 Å². The van der Waals surface area contributed by atoms with Gasteiger partial charge in [0.15, 0.2) is 0 Å². The van der Waals surface area contributed by atoms with Gasteiger partial charge in [-0.2, -0.15) is 0 Å². The van der Waals surface area contributed by atoms with E-state index in [0.717, 1.165) is 25.3 Å².